The minimum absolute atomic E-state index is 0.163. The maximum Gasteiger partial charge on any atom is 0.311 e. The van der Waals surface area contributed by atoms with Crippen molar-refractivity contribution in [2.75, 3.05) is 0 Å². The number of esters is 1. The number of nitriles is 1. The van der Waals surface area contributed by atoms with Gasteiger partial charge in [0.05, 0.1) is 11.6 Å². The van der Waals surface area contributed by atoms with Gasteiger partial charge in [0, 0.05) is 6.42 Å². The summed E-state index contributed by atoms with van der Waals surface area (Å²) >= 11 is 0. The molecule has 28 heavy (non-hydrogen) atoms. The molecule has 0 saturated carbocycles. The first kappa shape index (κ1) is 22.0. The van der Waals surface area contributed by atoms with Gasteiger partial charge >= 0.3 is 5.97 Å². The van der Waals surface area contributed by atoms with Crippen molar-refractivity contribution in [1.82, 2.24) is 0 Å². The standard InChI is InChI=1S/C25H33NO2/c1-2-3-4-5-6-7-8-9-10-11-12-13-25(27)28-24-17-16-22-18-21(20-26)14-15-23(22)19-24/h14-19H,2-13H2,1H3. The van der Waals surface area contributed by atoms with Gasteiger partial charge in [-0.15, -0.1) is 0 Å². The number of fused-ring (bicyclic) bond motifs is 1. The van der Waals surface area contributed by atoms with Crippen LogP contribution in [0.5, 0.6) is 5.75 Å². The molecule has 0 amide bonds. The molecule has 0 aromatic heterocycles. The van der Waals surface area contributed by atoms with Crippen LogP contribution >= 0.6 is 0 Å². The third-order valence-electron chi connectivity index (χ3n) is 5.16. The van der Waals surface area contributed by atoms with Crippen molar-refractivity contribution in [1.29, 1.82) is 5.26 Å². The zero-order valence-electron chi connectivity index (χ0n) is 17.2. The van der Waals surface area contributed by atoms with Gasteiger partial charge in [0.1, 0.15) is 5.75 Å². The third-order valence-corrected chi connectivity index (χ3v) is 5.16. The second-order valence-electron chi connectivity index (χ2n) is 7.60. The van der Waals surface area contributed by atoms with Crippen molar-refractivity contribution < 1.29 is 9.53 Å². The molecule has 0 atom stereocenters. The molecule has 0 saturated heterocycles. The number of ether oxygens (including phenoxy) is 1. The van der Waals surface area contributed by atoms with Gasteiger partial charge in [0.2, 0.25) is 0 Å². The van der Waals surface area contributed by atoms with Gasteiger partial charge in [-0.25, -0.2) is 0 Å². The molecule has 0 aliphatic rings. The molecule has 2 aromatic rings. The van der Waals surface area contributed by atoms with Crippen LogP contribution in [0.15, 0.2) is 36.4 Å². The van der Waals surface area contributed by atoms with Crippen molar-refractivity contribution >= 4 is 16.7 Å². The van der Waals surface area contributed by atoms with Crippen LogP contribution in [0.4, 0.5) is 0 Å². The minimum Gasteiger partial charge on any atom is -0.427 e. The van der Waals surface area contributed by atoms with E-state index in [1.54, 1.807) is 12.1 Å². The van der Waals surface area contributed by atoms with Gasteiger partial charge in [-0.1, -0.05) is 83.3 Å². The average Bonchev–Trinajstić information content (AvgIpc) is 2.71. The van der Waals surface area contributed by atoms with Crippen LogP contribution in [0.1, 0.15) is 89.5 Å². The van der Waals surface area contributed by atoms with E-state index in [0.717, 1.165) is 23.6 Å². The smallest absolute Gasteiger partial charge is 0.311 e. The van der Waals surface area contributed by atoms with Crippen LogP contribution in [0, 0.1) is 11.3 Å². The first-order valence-electron chi connectivity index (χ1n) is 10.9. The lowest BCUT2D eigenvalue weighted by atomic mass is 10.1. The molecule has 2 aromatic carbocycles. The first-order valence-corrected chi connectivity index (χ1v) is 10.9. The molecule has 0 heterocycles. The Morgan fingerprint density at radius 3 is 2.04 bits per heavy atom. The number of carbonyl (C=O) groups is 1. The zero-order chi connectivity index (χ0) is 20.0. The van der Waals surface area contributed by atoms with Crippen molar-refractivity contribution in [3.8, 4) is 11.8 Å². The number of rotatable bonds is 13. The lowest BCUT2D eigenvalue weighted by molar-refractivity contribution is -0.134. The topological polar surface area (TPSA) is 50.1 Å². The average molecular weight is 380 g/mol. The molecule has 3 nitrogen and oxygen atoms in total. The number of nitrogens with zero attached hydrogens (tertiary/aromatic N) is 1. The number of unbranched alkanes of at least 4 members (excludes halogenated alkanes) is 10. The molecular weight excluding hydrogens is 346 g/mol. The van der Waals surface area contributed by atoms with Crippen molar-refractivity contribution in [2.24, 2.45) is 0 Å². The normalized spacial score (nSPS) is 10.7. The fraction of sp³-hybridized carbons (Fsp3) is 0.520. The Hall–Kier alpha value is -2.34. The Morgan fingerprint density at radius 1 is 0.821 bits per heavy atom. The zero-order valence-corrected chi connectivity index (χ0v) is 17.2. The van der Waals surface area contributed by atoms with E-state index in [2.05, 4.69) is 13.0 Å². The summed E-state index contributed by atoms with van der Waals surface area (Å²) < 4.78 is 5.47. The van der Waals surface area contributed by atoms with Crippen LogP contribution in [0.3, 0.4) is 0 Å². The van der Waals surface area contributed by atoms with E-state index in [1.165, 1.54) is 57.8 Å². The quantitative estimate of drug-likeness (QED) is 0.208. The maximum absolute atomic E-state index is 12.0. The first-order chi connectivity index (χ1) is 13.7. The van der Waals surface area contributed by atoms with Gasteiger partial charge < -0.3 is 4.74 Å². The van der Waals surface area contributed by atoms with E-state index in [4.69, 9.17) is 10.00 Å². The number of carbonyl (C=O) groups excluding carboxylic acids is 1. The number of benzene rings is 2. The molecule has 3 heteroatoms. The minimum atomic E-state index is -0.163. The Morgan fingerprint density at radius 2 is 1.39 bits per heavy atom. The molecule has 150 valence electrons. The highest BCUT2D eigenvalue weighted by Gasteiger charge is 2.06. The molecule has 2 rings (SSSR count). The molecule has 0 unspecified atom stereocenters. The summed E-state index contributed by atoms with van der Waals surface area (Å²) in [5.41, 5.74) is 0.633. The summed E-state index contributed by atoms with van der Waals surface area (Å²) in [6.07, 6.45) is 14.4. The van der Waals surface area contributed by atoms with Gasteiger partial charge in [-0.3, -0.25) is 4.79 Å². The highest BCUT2D eigenvalue weighted by atomic mass is 16.5. The Labute approximate surface area is 169 Å². The molecule has 0 radical (unpaired) electrons. The van der Waals surface area contributed by atoms with Crippen LogP contribution in [-0.4, -0.2) is 5.97 Å². The van der Waals surface area contributed by atoms with Gasteiger partial charge in [-0.05, 0) is 41.5 Å². The van der Waals surface area contributed by atoms with E-state index in [0.29, 0.717) is 17.7 Å². The monoisotopic (exact) mass is 379 g/mol. The Bertz CT molecular complexity index is 776. The van der Waals surface area contributed by atoms with Crippen LogP contribution in [0.25, 0.3) is 10.8 Å². The summed E-state index contributed by atoms with van der Waals surface area (Å²) in [5.74, 6) is 0.411. The predicted octanol–water partition coefficient (Wildman–Crippen LogP) is 7.32. The maximum atomic E-state index is 12.0. The third kappa shape index (κ3) is 8.13. The van der Waals surface area contributed by atoms with E-state index in [-0.39, 0.29) is 5.97 Å². The summed E-state index contributed by atoms with van der Waals surface area (Å²) in [5, 5.41) is 10.9. The summed E-state index contributed by atoms with van der Waals surface area (Å²) in [7, 11) is 0. The highest BCUT2D eigenvalue weighted by Crippen LogP contribution is 2.22. The highest BCUT2D eigenvalue weighted by molar-refractivity contribution is 5.86. The number of hydrogen-bond acceptors (Lipinski definition) is 3. The largest absolute Gasteiger partial charge is 0.427 e. The molecule has 0 bridgehead atoms. The molecular formula is C25H33NO2. The number of hydrogen-bond donors (Lipinski definition) is 0. The Kier molecular flexibility index (Phi) is 10.1. The van der Waals surface area contributed by atoms with Crippen molar-refractivity contribution in [2.45, 2.75) is 84.0 Å². The molecule has 0 fully saturated rings. The summed E-state index contributed by atoms with van der Waals surface area (Å²) in [6.45, 7) is 2.25. The van der Waals surface area contributed by atoms with Crippen molar-refractivity contribution in [3.63, 3.8) is 0 Å². The second kappa shape index (κ2) is 12.9. The molecule has 0 aliphatic carbocycles. The fourth-order valence-corrected chi connectivity index (χ4v) is 3.47. The second-order valence-corrected chi connectivity index (χ2v) is 7.60. The van der Waals surface area contributed by atoms with E-state index in [1.807, 2.05) is 24.3 Å². The Balaban J connectivity index is 1.57. The predicted molar refractivity (Wildman–Crippen MR) is 115 cm³/mol. The van der Waals surface area contributed by atoms with Crippen LogP contribution < -0.4 is 4.74 Å². The van der Waals surface area contributed by atoms with E-state index in [9.17, 15) is 4.79 Å². The lowest BCUT2D eigenvalue weighted by Gasteiger charge is -2.06. The fourth-order valence-electron chi connectivity index (χ4n) is 3.47. The van der Waals surface area contributed by atoms with Crippen LogP contribution in [0.2, 0.25) is 0 Å². The SMILES string of the molecule is CCCCCCCCCCCCCC(=O)Oc1ccc2cc(C#N)ccc2c1. The van der Waals surface area contributed by atoms with Gasteiger partial charge in [0.25, 0.3) is 0 Å². The van der Waals surface area contributed by atoms with Gasteiger partial charge in [-0.2, -0.15) is 5.26 Å². The van der Waals surface area contributed by atoms with Crippen molar-refractivity contribution in [3.05, 3.63) is 42.0 Å². The van der Waals surface area contributed by atoms with Gasteiger partial charge in [0.15, 0.2) is 0 Å². The van der Waals surface area contributed by atoms with Crippen LogP contribution in [-0.2, 0) is 4.79 Å². The molecule has 0 N–H and O–H groups in total. The summed E-state index contributed by atoms with van der Waals surface area (Å²) in [4.78, 5) is 12.0. The van der Waals surface area contributed by atoms with E-state index >= 15 is 0 Å². The molecule has 0 spiro atoms. The lowest BCUT2D eigenvalue weighted by Crippen LogP contribution is -2.07. The summed E-state index contributed by atoms with van der Waals surface area (Å²) in [6, 6.07) is 13.2. The molecule has 0 aliphatic heterocycles. The van der Waals surface area contributed by atoms with E-state index < -0.39 is 0 Å².